The van der Waals surface area contributed by atoms with Gasteiger partial charge in [0.1, 0.15) is 0 Å². The lowest BCUT2D eigenvalue weighted by atomic mass is 10.0. The molecule has 1 amide bonds. The van der Waals surface area contributed by atoms with E-state index in [9.17, 15) is 4.79 Å². The maximum absolute atomic E-state index is 12.3. The minimum Gasteiger partial charge on any atom is -0.328 e. The second-order valence-corrected chi connectivity index (χ2v) is 5.80. The van der Waals surface area contributed by atoms with Crippen molar-refractivity contribution in [1.82, 2.24) is 10.2 Å². The average Bonchev–Trinajstić information content (AvgIpc) is 2.75. The molecular weight excluding hydrogens is 220 g/mol. The average molecular weight is 240 g/mol. The van der Waals surface area contributed by atoms with Crippen LogP contribution in [0, 0.1) is 5.92 Å². The molecule has 1 fully saturated rings. The van der Waals surface area contributed by atoms with Crippen LogP contribution in [-0.2, 0) is 4.79 Å². The van der Waals surface area contributed by atoms with Gasteiger partial charge in [0, 0.05) is 6.54 Å². The van der Waals surface area contributed by atoms with Gasteiger partial charge in [-0.2, -0.15) is 0 Å². The summed E-state index contributed by atoms with van der Waals surface area (Å²) in [5.41, 5.74) is 0. The monoisotopic (exact) mass is 240 g/mol. The molecule has 0 spiro atoms. The van der Waals surface area contributed by atoms with Gasteiger partial charge in [-0.05, 0) is 37.6 Å². The molecule has 4 heteroatoms. The van der Waals surface area contributed by atoms with Crippen molar-refractivity contribution < 1.29 is 4.79 Å². The molecule has 1 saturated heterocycles. The summed E-state index contributed by atoms with van der Waals surface area (Å²) in [5, 5.41) is 5.60. The molecule has 0 bridgehead atoms. The highest BCUT2D eigenvalue weighted by atomic mass is 32.2. The number of amides is 1. The minimum atomic E-state index is 0.0196. The first-order chi connectivity index (χ1) is 7.72. The molecule has 90 valence electrons. The predicted octanol–water partition coefficient (Wildman–Crippen LogP) is 1.81. The van der Waals surface area contributed by atoms with Crippen LogP contribution >= 0.6 is 11.8 Å². The number of carbonyl (C=O) groups is 1. The van der Waals surface area contributed by atoms with E-state index in [0.717, 1.165) is 25.8 Å². The highest BCUT2D eigenvalue weighted by molar-refractivity contribution is 8.02. The summed E-state index contributed by atoms with van der Waals surface area (Å²) in [4.78, 5) is 14.4. The third-order valence-electron chi connectivity index (χ3n) is 3.40. The quantitative estimate of drug-likeness (QED) is 0.799. The summed E-state index contributed by atoms with van der Waals surface area (Å²) in [6, 6.07) is 0.0196. The normalized spacial score (nSPS) is 35.5. The Morgan fingerprint density at radius 2 is 2.31 bits per heavy atom. The molecule has 2 aliphatic rings. The molecule has 3 atom stereocenters. The molecule has 16 heavy (non-hydrogen) atoms. The highest BCUT2D eigenvalue weighted by Gasteiger charge is 2.33. The Morgan fingerprint density at radius 3 is 2.94 bits per heavy atom. The number of nitrogens with zero attached hydrogens (tertiary/aromatic N) is 1. The predicted molar refractivity (Wildman–Crippen MR) is 68.1 cm³/mol. The topological polar surface area (TPSA) is 32.3 Å². The number of likely N-dealkylation sites (N-methyl/N-ethyl adjacent to an activating group) is 1. The van der Waals surface area contributed by atoms with E-state index in [4.69, 9.17) is 0 Å². The standard InChI is InChI=1S/C12H20N2OS/c1-9-5-6-10(13-2)12(15)14(8-9)11-4-3-7-16-11/h3,7,9-11,13H,4-6,8H2,1-2H3. The van der Waals surface area contributed by atoms with E-state index in [-0.39, 0.29) is 11.9 Å². The number of carbonyl (C=O) groups excluding carboxylic acids is 1. The third-order valence-corrected chi connectivity index (χ3v) is 4.51. The minimum absolute atomic E-state index is 0.0196. The van der Waals surface area contributed by atoms with Gasteiger partial charge in [-0.3, -0.25) is 4.79 Å². The molecule has 0 aromatic carbocycles. The van der Waals surface area contributed by atoms with Gasteiger partial charge in [0.25, 0.3) is 0 Å². The zero-order chi connectivity index (χ0) is 11.5. The fraction of sp³-hybridized carbons (Fsp3) is 0.750. The lowest BCUT2D eigenvalue weighted by molar-refractivity contribution is -0.133. The lowest BCUT2D eigenvalue weighted by Gasteiger charge is -2.30. The SMILES string of the molecule is CNC1CCC(C)CN(C2CC=CS2)C1=O. The van der Waals surface area contributed by atoms with Gasteiger partial charge in [-0.25, -0.2) is 0 Å². The molecule has 0 aromatic rings. The fourth-order valence-electron chi connectivity index (χ4n) is 2.39. The molecule has 2 heterocycles. The Morgan fingerprint density at radius 1 is 1.50 bits per heavy atom. The Bertz CT molecular complexity index is 285. The van der Waals surface area contributed by atoms with Crippen LogP contribution in [0.1, 0.15) is 26.2 Å². The maximum Gasteiger partial charge on any atom is 0.240 e. The number of likely N-dealkylation sites (tertiary alicyclic amines) is 1. The molecule has 0 saturated carbocycles. The van der Waals surface area contributed by atoms with E-state index >= 15 is 0 Å². The van der Waals surface area contributed by atoms with Crippen molar-refractivity contribution in [3.8, 4) is 0 Å². The lowest BCUT2D eigenvalue weighted by Crippen LogP contribution is -2.47. The summed E-state index contributed by atoms with van der Waals surface area (Å²) in [6.07, 6.45) is 5.27. The van der Waals surface area contributed by atoms with Crippen molar-refractivity contribution in [1.29, 1.82) is 0 Å². The van der Waals surface area contributed by atoms with Crippen LogP contribution in [0.25, 0.3) is 0 Å². The molecule has 3 unspecified atom stereocenters. The number of hydrogen-bond donors (Lipinski definition) is 1. The van der Waals surface area contributed by atoms with Crippen LogP contribution in [0.3, 0.4) is 0 Å². The summed E-state index contributed by atoms with van der Waals surface area (Å²) in [6.45, 7) is 3.15. The Kier molecular flexibility index (Phi) is 3.92. The van der Waals surface area contributed by atoms with E-state index in [2.05, 4.69) is 28.6 Å². The van der Waals surface area contributed by atoms with E-state index < -0.39 is 0 Å². The summed E-state index contributed by atoms with van der Waals surface area (Å²) >= 11 is 1.77. The van der Waals surface area contributed by atoms with E-state index in [1.54, 1.807) is 11.8 Å². The van der Waals surface area contributed by atoms with E-state index in [1.807, 2.05) is 7.05 Å². The molecule has 2 aliphatic heterocycles. The number of hydrogen-bond acceptors (Lipinski definition) is 3. The Balaban J connectivity index is 2.09. The van der Waals surface area contributed by atoms with Crippen molar-refractivity contribution in [3.63, 3.8) is 0 Å². The van der Waals surface area contributed by atoms with Crippen LogP contribution in [0.4, 0.5) is 0 Å². The van der Waals surface area contributed by atoms with Gasteiger partial charge >= 0.3 is 0 Å². The first-order valence-corrected chi connectivity index (χ1v) is 6.95. The number of nitrogens with one attached hydrogen (secondary N) is 1. The molecule has 2 rings (SSSR count). The second kappa shape index (κ2) is 5.23. The second-order valence-electron chi connectivity index (χ2n) is 4.71. The van der Waals surface area contributed by atoms with Crippen molar-refractivity contribution in [2.45, 2.75) is 37.6 Å². The zero-order valence-electron chi connectivity index (χ0n) is 9.98. The van der Waals surface area contributed by atoms with Gasteiger partial charge in [-0.15, -0.1) is 11.8 Å². The van der Waals surface area contributed by atoms with Crippen LogP contribution in [0.2, 0.25) is 0 Å². The smallest absolute Gasteiger partial charge is 0.240 e. The molecule has 0 radical (unpaired) electrons. The fourth-order valence-corrected chi connectivity index (χ4v) is 3.36. The first kappa shape index (κ1) is 12.0. The molecule has 0 aliphatic carbocycles. The van der Waals surface area contributed by atoms with Gasteiger partial charge in [-0.1, -0.05) is 13.0 Å². The van der Waals surface area contributed by atoms with Gasteiger partial charge in [0.15, 0.2) is 0 Å². The van der Waals surface area contributed by atoms with Crippen LogP contribution in [-0.4, -0.2) is 35.8 Å². The summed E-state index contributed by atoms with van der Waals surface area (Å²) < 4.78 is 0. The molecular formula is C12H20N2OS. The molecule has 0 aromatic heterocycles. The first-order valence-electron chi connectivity index (χ1n) is 6.00. The van der Waals surface area contributed by atoms with Crippen molar-refractivity contribution in [3.05, 3.63) is 11.5 Å². The van der Waals surface area contributed by atoms with Gasteiger partial charge < -0.3 is 10.2 Å². The van der Waals surface area contributed by atoms with Crippen LogP contribution in [0.15, 0.2) is 11.5 Å². The Labute approximate surface area is 102 Å². The molecule has 1 N–H and O–H groups in total. The third kappa shape index (κ3) is 2.43. The van der Waals surface area contributed by atoms with Gasteiger partial charge in [0.2, 0.25) is 5.91 Å². The number of rotatable bonds is 2. The van der Waals surface area contributed by atoms with Crippen LogP contribution in [0.5, 0.6) is 0 Å². The maximum atomic E-state index is 12.3. The van der Waals surface area contributed by atoms with Crippen molar-refractivity contribution in [2.75, 3.05) is 13.6 Å². The van der Waals surface area contributed by atoms with E-state index in [1.165, 1.54) is 0 Å². The van der Waals surface area contributed by atoms with Gasteiger partial charge in [0.05, 0.1) is 11.4 Å². The summed E-state index contributed by atoms with van der Waals surface area (Å²) in [7, 11) is 1.89. The van der Waals surface area contributed by atoms with E-state index in [0.29, 0.717) is 11.3 Å². The molecule has 3 nitrogen and oxygen atoms in total. The number of thioether (sulfide) groups is 1. The van der Waals surface area contributed by atoms with Crippen LogP contribution < -0.4 is 5.32 Å². The summed E-state index contributed by atoms with van der Waals surface area (Å²) in [5.74, 6) is 0.900. The largest absolute Gasteiger partial charge is 0.328 e. The van der Waals surface area contributed by atoms with Crippen molar-refractivity contribution in [2.24, 2.45) is 5.92 Å². The van der Waals surface area contributed by atoms with Crippen molar-refractivity contribution >= 4 is 17.7 Å². The zero-order valence-corrected chi connectivity index (χ0v) is 10.8. The highest BCUT2D eigenvalue weighted by Crippen LogP contribution is 2.30. The Hall–Kier alpha value is -0.480.